The smallest absolute Gasteiger partial charge is 0.164 e. The van der Waals surface area contributed by atoms with E-state index in [4.69, 9.17) is 23.8 Å². The molecule has 3 aromatic heterocycles. The molecule has 0 saturated carbocycles. The minimum Gasteiger partial charge on any atom is -0.456 e. The van der Waals surface area contributed by atoms with Crippen molar-refractivity contribution in [2.75, 3.05) is 0 Å². The van der Waals surface area contributed by atoms with Gasteiger partial charge in [0.25, 0.3) is 0 Å². The second kappa shape index (κ2) is 12.1. The maximum Gasteiger partial charge on any atom is 0.164 e. The topological polar surface area (TPSA) is 65.0 Å². The zero-order valence-electron chi connectivity index (χ0n) is 28.9. The van der Waals surface area contributed by atoms with Crippen molar-refractivity contribution < 1.29 is 8.83 Å². The van der Waals surface area contributed by atoms with E-state index in [1.165, 1.54) is 0 Å². The Balaban J connectivity index is 1.21. The lowest BCUT2D eigenvalue weighted by atomic mass is 9.97. The number of aromatic nitrogens is 3. The van der Waals surface area contributed by atoms with Crippen molar-refractivity contribution in [3.05, 3.63) is 176 Å². The Kier molecular flexibility index (Phi) is 6.79. The fourth-order valence-electron chi connectivity index (χ4n) is 7.85. The van der Waals surface area contributed by atoms with Crippen LogP contribution < -0.4 is 0 Å². The number of para-hydroxylation sites is 2. The van der Waals surface area contributed by atoms with Crippen molar-refractivity contribution in [2.45, 2.75) is 0 Å². The summed E-state index contributed by atoms with van der Waals surface area (Å²) in [6.07, 6.45) is 0. The number of rotatable bonds is 5. The fourth-order valence-corrected chi connectivity index (χ4v) is 7.85. The van der Waals surface area contributed by atoms with Gasteiger partial charge in [0.05, 0.1) is 0 Å². The van der Waals surface area contributed by atoms with E-state index >= 15 is 0 Å². The van der Waals surface area contributed by atoms with Crippen molar-refractivity contribution in [3.63, 3.8) is 0 Å². The summed E-state index contributed by atoms with van der Waals surface area (Å²) in [5.74, 6) is 1.70. The maximum atomic E-state index is 6.65. The lowest BCUT2D eigenvalue weighted by molar-refractivity contribution is 0.669. The number of hydrogen-bond donors (Lipinski definition) is 0. The van der Waals surface area contributed by atoms with Crippen LogP contribution in [0.4, 0.5) is 0 Å². The van der Waals surface area contributed by atoms with Gasteiger partial charge in [0.2, 0.25) is 0 Å². The Labute approximate surface area is 309 Å². The van der Waals surface area contributed by atoms with Gasteiger partial charge in [0.15, 0.2) is 17.5 Å². The molecule has 8 aromatic carbocycles. The summed E-state index contributed by atoms with van der Waals surface area (Å²) in [5.41, 5.74) is 10.2. The van der Waals surface area contributed by atoms with Gasteiger partial charge in [-0.2, -0.15) is 0 Å². The van der Waals surface area contributed by atoms with Crippen molar-refractivity contribution in [2.24, 2.45) is 0 Å². The van der Waals surface area contributed by atoms with Crippen LogP contribution in [0.1, 0.15) is 0 Å². The Morgan fingerprint density at radius 3 is 1.59 bits per heavy atom. The van der Waals surface area contributed by atoms with E-state index in [9.17, 15) is 0 Å². The molecule has 5 nitrogen and oxygen atoms in total. The van der Waals surface area contributed by atoms with E-state index in [-0.39, 0.29) is 0 Å². The van der Waals surface area contributed by atoms with Gasteiger partial charge in [-0.1, -0.05) is 140 Å². The van der Waals surface area contributed by atoms with E-state index in [1.807, 2.05) is 42.5 Å². The first-order valence-electron chi connectivity index (χ1n) is 18.0. The highest BCUT2D eigenvalue weighted by atomic mass is 16.3. The molecule has 0 aliphatic carbocycles. The zero-order chi connectivity index (χ0) is 35.6. The second-order valence-electron chi connectivity index (χ2n) is 13.5. The minimum absolute atomic E-state index is 0.560. The summed E-state index contributed by atoms with van der Waals surface area (Å²) in [6.45, 7) is 0. The molecule has 11 rings (SSSR count). The average molecular weight is 692 g/mol. The molecule has 0 aliphatic heterocycles. The first-order chi connectivity index (χ1) is 26.8. The van der Waals surface area contributed by atoms with Crippen molar-refractivity contribution in [1.29, 1.82) is 0 Å². The van der Waals surface area contributed by atoms with Gasteiger partial charge in [0.1, 0.15) is 22.3 Å². The maximum absolute atomic E-state index is 6.65. The van der Waals surface area contributed by atoms with Gasteiger partial charge >= 0.3 is 0 Å². The summed E-state index contributed by atoms with van der Waals surface area (Å²) < 4.78 is 13.1. The molecule has 0 fully saturated rings. The first kappa shape index (κ1) is 30.3. The van der Waals surface area contributed by atoms with Crippen LogP contribution in [0.15, 0.2) is 185 Å². The molecule has 252 valence electrons. The molecule has 3 heterocycles. The zero-order valence-corrected chi connectivity index (χ0v) is 28.9. The molecule has 0 saturated heterocycles. The van der Waals surface area contributed by atoms with Crippen LogP contribution >= 0.6 is 0 Å². The number of benzene rings is 8. The summed E-state index contributed by atoms with van der Waals surface area (Å²) in [5, 5.41) is 6.25. The van der Waals surface area contributed by atoms with Gasteiger partial charge in [0, 0.05) is 43.8 Å². The predicted molar refractivity (Wildman–Crippen MR) is 219 cm³/mol. The summed E-state index contributed by atoms with van der Waals surface area (Å²) in [6, 6.07) is 60.2. The third-order valence-corrected chi connectivity index (χ3v) is 10.3. The van der Waals surface area contributed by atoms with E-state index in [1.54, 1.807) is 0 Å². The number of nitrogens with zero attached hydrogens (tertiary/aromatic N) is 3. The predicted octanol–water partition coefficient (Wildman–Crippen LogP) is 13.2. The quantitative estimate of drug-likeness (QED) is 0.180. The molecular formula is C49H29N3O2. The third kappa shape index (κ3) is 4.83. The Morgan fingerprint density at radius 1 is 0.296 bits per heavy atom. The van der Waals surface area contributed by atoms with Gasteiger partial charge in [-0.25, -0.2) is 15.0 Å². The van der Waals surface area contributed by atoms with E-state index < -0.39 is 0 Å². The molecule has 0 N–H and O–H groups in total. The minimum atomic E-state index is 0.560. The third-order valence-electron chi connectivity index (χ3n) is 10.3. The number of fused-ring (bicyclic) bond motifs is 8. The largest absolute Gasteiger partial charge is 0.456 e. The van der Waals surface area contributed by atoms with Crippen molar-refractivity contribution in [1.82, 2.24) is 15.0 Å². The normalized spacial score (nSPS) is 11.7. The van der Waals surface area contributed by atoms with E-state index in [2.05, 4.69) is 133 Å². The van der Waals surface area contributed by atoms with Crippen molar-refractivity contribution in [3.8, 4) is 56.4 Å². The monoisotopic (exact) mass is 691 g/mol. The second-order valence-corrected chi connectivity index (χ2v) is 13.5. The molecule has 5 heteroatoms. The highest BCUT2D eigenvalue weighted by molar-refractivity contribution is 6.22. The Hall–Kier alpha value is -7.37. The molecule has 0 amide bonds. The van der Waals surface area contributed by atoms with Crippen LogP contribution in [0.25, 0.3) is 111 Å². The van der Waals surface area contributed by atoms with Crippen LogP contribution in [0.2, 0.25) is 0 Å². The molecule has 0 spiro atoms. The summed E-state index contributed by atoms with van der Waals surface area (Å²) in [4.78, 5) is 15.8. The van der Waals surface area contributed by atoms with Crippen LogP contribution in [0.5, 0.6) is 0 Å². The van der Waals surface area contributed by atoms with Gasteiger partial charge in [-0.3, -0.25) is 0 Å². The Bertz CT molecular complexity index is 3220. The van der Waals surface area contributed by atoms with Crippen LogP contribution in [0, 0.1) is 0 Å². The van der Waals surface area contributed by atoms with E-state index in [0.29, 0.717) is 17.5 Å². The first-order valence-corrected chi connectivity index (χ1v) is 18.0. The SMILES string of the molecule is c1ccc(-c2cccc(-c3nc(-c4cc5oc6ccccc6c5c5ccccc45)nc(-c4ccc(-c5ccccc5)c5oc6ccccc6c45)n3)c2)cc1. The van der Waals surface area contributed by atoms with Gasteiger partial charge in [-0.05, 0) is 63.9 Å². The van der Waals surface area contributed by atoms with Crippen molar-refractivity contribution >= 4 is 54.6 Å². The van der Waals surface area contributed by atoms with E-state index in [0.717, 1.165) is 93.6 Å². The highest BCUT2D eigenvalue weighted by Crippen LogP contribution is 2.43. The van der Waals surface area contributed by atoms with Gasteiger partial charge in [-0.15, -0.1) is 0 Å². The number of hydrogen-bond acceptors (Lipinski definition) is 5. The molecule has 0 bridgehead atoms. The molecule has 0 aliphatic rings. The average Bonchev–Trinajstić information content (AvgIpc) is 3.83. The molecule has 0 unspecified atom stereocenters. The fraction of sp³-hybridized carbons (Fsp3) is 0. The molecule has 54 heavy (non-hydrogen) atoms. The Morgan fingerprint density at radius 2 is 0.833 bits per heavy atom. The standard InChI is InChI=1S/C49H29N3O2/c1-3-14-30(15-4-1)32-18-13-19-33(28-32)47-50-48(39-27-26-34(31-16-5-2-6-17-31)46-45(39)38-23-10-12-25-42(38)54-46)52-49(51-47)40-29-43-44(36-21-8-7-20-35(36)40)37-22-9-11-24-41(37)53-43/h1-29H. The molecule has 0 radical (unpaired) electrons. The summed E-state index contributed by atoms with van der Waals surface area (Å²) in [7, 11) is 0. The van der Waals surface area contributed by atoms with Crippen LogP contribution in [-0.4, -0.2) is 15.0 Å². The molecule has 11 aromatic rings. The van der Waals surface area contributed by atoms with Gasteiger partial charge < -0.3 is 8.83 Å². The van der Waals surface area contributed by atoms with Crippen LogP contribution in [-0.2, 0) is 0 Å². The highest BCUT2D eigenvalue weighted by Gasteiger charge is 2.22. The summed E-state index contributed by atoms with van der Waals surface area (Å²) >= 11 is 0. The van der Waals surface area contributed by atoms with Crippen LogP contribution in [0.3, 0.4) is 0 Å². The number of furan rings is 2. The molecular weight excluding hydrogens is 663 g/mol. The molecule has 0 atom stereocenters. The lowest BCUT2D eigenvalue weighted by Gasteiger charge is -2.13. The lowest BCUT2D eigenvalue weighted by Crippen LogP contribution is -2.01.